The van der Waals surface area contributed by atoms with Crippen LogP contribution in [0.1, 0.15) is 18.9 Å². The van der Waals surface area contributed by atoms with Gasteiger partial charge in [-0.2, -0.15) is 0 Å². The Morgan fingerprint density at radius 1 is 0.500 bits per heavy atom. The molecule has 2 nitrogen and oxygen atoms in total. The molecule has 0 aliphatic heterocycles. The Bertz CT molecular complexity index is 2580. The first-order valence-electron chi connectivity index (χ1n) is 17.9. The summed E-state index contributed by atoms with van der Waals surface area (Å²) in [7, 11) is 0. The molecule has 0 N–H and O–H groups in total. The molecule has 8 aromatic rings. The third-order valence-corrected chi connectivity index (χ3v) is 10.3. The van der Waals surface area contributed by atoms with Crippen LogP contribution in [0.2, 0.25) is 0 Å². The summed E-state index contributed by atoms with van der Waals surface area (Å²) < 4.78 is 16.0. The van der Waals surface area contributed by atoms with Gasteiger partial charge in [0.05, 0.1) is 11.0 Å². The molecule has 0 saturated carbocycles. The SMILES string of the molecule is CC1CC(c2ccc3c(c2)c2ccccc2n3-c2ccccc2)=CC=C1N(c1ccc(-c2ccccc2)cc1)c1ccc(-c2ccc(F)cc2)cc1. The molecular formula is C49H37FN2. The van der Waals surface area contributed by atoms with Crippen LogP contribution >= 0.6 is 0 Å². The number of allylic oxidation sites excluding steroid dienone is 4. The summed E-state index contributed by atoms with van der Waals surface area (Å²) in [5, 5.41) is 2.53. The zero-order chi connectivity index (χ0) is 35.0. The van der Waals surface area contributed by atoms with Gasteiger partial charge in [0.15, 0.2) is 0 Å². The highest BCUT2D eigenvalue weighted by Gasteiger charge is 2.24. The van der Waals surface area contributed by atoms with E-state index in [4.69, 9.17) is 0 Å². The average molecular weight is 673 g/mol. The largest absolute Gasteiger partial charge is 0.314 e. The van der Waals surface area contributed by atoms with E-state index in [1.807, 2.05) is 12.1 Å². The van der Waals surface area contributed by atoms with Gasteiger partial charge in [-0.3, -0.25) is 0 Å². The van der Waals surface area contributed by atoms with E-state index in [1.54, 1.807) is 0 Å². The number of anilines is 2. The number of para-hydroxylation sites is 2. The zero-order valence-electron chi connectivity index (χ0n) is 29.0. The lowest BCUT2D eigenvalue weighted by Crippen LogP contribution is -2.23. The normalized spacial score (nSPS) is 14.3. The van der Waals surface area contributed by atoms with Gasteiger partial charge < -0.3 is 9.47 Å². The van der Waals surface area contributed by atoms with Crippen LogP contribution in [0.3, 0.4) is 0 Å². The number of hydrogen-bond acceptors (Lipinski definition) is 1. The fourth-order valence-corrected chi connectivity index (χ4v) is 7.72. The molecule has 0 radical (unpaired) electrons. The van der Waals surface area contributed by atoms with E-state index in [2.05, 4.69) is 180 Å². The van der Waals surface area contributed by atoms with E-state index in [9.17, 15) is 4.39 Å². The second kappa shape index (κ2) is 13.4. The van der Waals surface area contributed by atoms with Crippen LogP contribution < -0.4 is 4.90 Å². The summed E-state index contributed by atoms with van der Waals surface area (Å²) in [4.78, 5) is 2.39. The number of rotatable bonds is 7. The Balaban J connectivity index is 1.11. The van der Waals surface area contributed by atoms with Crippen molar-refractivity contribution in [3.63, 3.8) is 0 Å². The minimum atomic E-state index is -0.227. The predicted octanol–water partition coefficient (Wildman–Crippen LogP) is 13.4. The highest BCUT2D eigenvalue weighted by atomic mass is 19.1. The number of fused-ring (bicyclic) bond motifs is 3. The van der Waals surface area contributed by atoms with E-state index in [1.165, 1.54) is 67.6 Å². The van der Waals surface area contributed by atoms with Crippen LogP contribution in [0.15, 0.2) is 194 Å². The molecule has 52 heavy (non-hydrogen) atoms. The average Bonchev–Trinajstić information content (AvgIpc) is 3.54. The molecule has 250 valence electrons. The fraction of sp³-hybridized carbons (Fsp3) is 0.0612. The van der Waals surface area contributed by atoms with Gasteiger partial charge >= 0.3 is 0 Å². The minimum absolute atomic E-state index is 0.227. The second-order valence-corrected chi connectivity index (χ2v) is 13.6. The van der Waals surface area contributed by atoms with Crippen molar-refractivity contribution in [1.29, 1.82) is 0 Å². The number of hydrogen-bond donors (Lipinski definition) is 0. The van der Waals surface area contributed by atoms with Crippen molar-refractivity contribution < 1.29 is 4.39 Å². The predicted molar refractivity (Wildman–Crippen MR) is 216 cm³/mol. The van der Waals surface area contributed by atoms with Crippen molar-refractivity contribution in [1.82, 2.24) is 4.57 Å². The van der Waals surface area contributed by atoms with E-state index in [0.717, 1.165) is 28.9 Å². The lowest BCUT2D eigenvalue weighted by molar-refractivity contribution is 0.628. The molecule has 1 aliphatic rings. The molecule has 1 aromatic heterocycles. The third kappa shape index (κ3) is 5.80. The van der Waals surface area contributed by atoms with Crippen LogP contribution in [0.25, 0.3) is 55.3 Å². The Kier molecular flexibility index (Phi) is 8.09. The van der Waals surface area contributed by atoms with Gasteiger partial charge in [0, 0.05) is 39.4 Å². The summed E-state index contributed by atoms with van der Waals surface area (Å²) in [6, 6.07) is 60.9. The number of benzene rings is 7. The number of aromatic nitrogens is 1. The quantitative estimate of drug-likeness (QED) is 0.164. The first-order valence-corrected chi connectivity index (χ1v) is 17.9. The van der Waals surface area contributed by atoms with Gasteiger partial charge in [0.25, 0.3) is 0 Å². The van der Waals surface area contributed by atoms with E-state index < -0.39 is 0 Å². The maximum atomic E-state index is 13.7. The van der Waals surface area contributed by atoms with Crippen molar-refractivity contribution in [3.8, 4) is 27.9 Å². The Morgan fingerprint density at radius 2 is 1.02 bits per heavy atom. The standard InChI is InChI=1S/C49H37FN2/c1-34-32-39(40-23-31-49-46(33-40)45-14-8-9-15-48(45)52(49)42-12-6-3-7-13-42)22-30-47(34)51(43-26-18-37(19-27-43)35-10-4-2-5-11-35)44-28-20-38(21-29-44)36-16-24-41(50)25-17-36/h2-31,33-34H,32H2,1H3. The first-order chi connectivity index (χ1) is 25.6. The third-order valence-electron chi connectivity index (χ3n) is 10.3. The van der Waals surface area contributed by atoms with E-state index in [-0.39, 0.29) is 11.7 Å². The second-order valence-electron chi connectivity index (χ2n) is 13.6. The molecular weight excluding hydrogens is 636 g/mol. The molecule has 3 heteroatoms. The van der Waals surface area contributed by atoms with Crippen LogP contribution in [0, 0.1) is 11.7 Å². The zero-order valence-corrected chi connectivity index (χ0v) is 29.0. The molecule has 0 bridgehead atoms. The van der Waals surface area contributed by atoms with Gasteiger partial charge in [-0.05, 0) is 113 Å². The van der Waals surface area contributed by atoms with Crippen molar-refractivity contribution in [2.75, 3.05) is 4.90 Å². The Morgan fingerprint density at radius 3 is 1.65 bits per heavy atom. The lowest BCUT2D eigenvalue weighted by Gasteiger charge is -2.34. The monoisotopic (exact) mass is 672 g/mol. The fourth-order valence-electron chi connectivity index (χ4n) is 7.72. The lowest BCUT2D eigenvalue weighted by atomic mass is 9.87. The summed E-state index contributed by atoms with van der Waals surface area (Å²) >= 11 is 0. The van der Waals surface area contributed by atoms with Crippen molar-refractivity contribution in [2.45, 2.75) is 13.3 Å². The number of nitrogens with zero attached hydrogens (tertiary/aromatic N) is 2. The maximum Gasteiger partial charge on any atom is 0.123 e. The number of halogens is 1. The van der Waals surface area contributed by atoms with Crippen molar-refractivity contribution >= 4 is 38.8 Å². The Hall–Kier alpha value is -6.45. The molecule has 0 saturated heterocycles. The summed E-state index contributed by atoms with van der Waals surface area (Å²) in [6.07, 6.45) is 5.53. The van der Waals surface area contributed by atoms with Crippen molar-refractivity contribution in [3.05, 3.63) is 205 Å². The maximum absolute atomic E-state index is 13.7. The van der Waals surface area contributed by atoms with Crippen LogP contribution in [-0.4, -0.2) is 4.57 Å². The molecule has 0 amide bonds. The van der Waals surface area contributed by atoms with Gasteiger partial charge in [-0.15, -0.1) is 0 Å². The molecule has 7 aromatic carbocycles. The van der Waals surface area contributed by atoms with Crippen LogP contribution in [0.5, 0.6) is 0 Å². The van der Waals surface area contributed by atoms with E-state index >= 15 is 0 Å². The molecule has 0 spiro atoms. The highest BCUT2D eigenvalue weighted by Crippen LogP contribution is 2.42. The first kappa shape index (κ1) is 31.5. The summed E-state index contributed by atoms with van der Waals surface area (Å²) in [5.74, 6) is 0.0296. The molecule has 1 heterocycles. The molecule has 0 fully saturated rings. The van der Waals surface area contributed by atoms with Crippen LogP contribution in [0.4, 0.5) is 15.8 Å². The summed E-state index contributed by atoms with van der Waals surface area (Å²) in [5.41, 5.74) is 14.1. The van der Waals surface area contributed by atoms with Gasteiger partial charge in [0.2, 0.25) is 0 Å². The van der Waals surface area contributed by atoms with Gasteiger partial charge in [-0.1, -0.05) is 122 Å². The van der Waals surface area contributed by atoms with Crippen molar-refractivity contribution in [2.24, 2.45) is 5.92 Å². The molecule has 9 rings (SSSR count). The molecule has 1 unspecified atom stereocenters. The van der Waals surface area contributed by atoms with Gasteiger partial charge in [0.1, 0.15) is 5.82 Å². The van der Waals surface area contributed by atoms with E-state index in [0.29, 0.717) is 0 Å². The summed E-state index contributed by atoms with van der Waals surface area (Å²) in [6.45, 7) is 2.33. The minimum Gasteiger partial charge on any atom is -0.314 e. The van der Waals surface area contributed by atoms with Gasteiger partial charge in [-0.25, -0.2) is 4.39 Å². The topological polar surface area (TPSA) is 8.17 Å². The Labute approximate surface area is 304 Å². The smallest absolute Gasteiger partial charge is 0.123 e. The molecule has 1 atom stereocenters. The van der Waals surface area contributed by atoms with Crippen LogP contribution in [-0.2, 0) is 0 Å². The molecule has 1 aliphatic carbocycles. The highest BCUT2D eigenvalue weighted by molar-refractivity contribution is 6.10.